The Hall–Kier alpha value is -2.06. The number of benzene rings is 1. The maximum absolute atomic E-state index is 11.4. The fraction of sp³-hybridized carbons (Fsp3) is 0.273. The maximum Gasteiger partial charge on any atom is 0.429 e. The predicted octanol–water partition coefficient (Wildman–Crippen LogP) is 1.78. The second kappa shape index (κ2) is 5.14. The van der Waals surface area contributed by atoms with Crippen molar-refractivity contribution in [2.45, 2.75) is 20.0 Å². The summed E-state index contributed by atoms with van der Waals surface area (Å²) < 4.78 is 4.92. The van der Waals surface area contributed by atoms with E-state index in [9.17, 15) is 4.79 Å². The first kappa shape index (κ1) is 12.0. The van der Waals surface area contributed by atoms with Gasteiger partial charge in [-0.05, 0) is 32.0 Å². The average molecular weight is 219 g/mol. The Morgan fingerprint density at radius 3 is 2.81 bits per heavy atom. The molecule has 2 N–H and O–H groups in total. The molecule has 0 heterocycles. The van der Waals surface area contributed by atoms with Crippen molar-refractivity contribution < 1.29 is 9.53 Å². The summed E-state index contributed by atoms with van der Waals surface area (Å²) in [6, 6.07) is 8.39. The molecule has 1 amide bonds. The number of nitrogens with zero attached hydrogens (tertiary/aromatic N) is 2. The molecular formula is C11H13N3O2. The standard InChI is InChI=1S/C11H13N3O2/c1-8(2)16-11(15)14(13)10-5-3-4-9(6-10)7-12/h3-6,8H,13H2,1-2H3. The molecule has 1 aromatic carbocycles. The van der Waals surface area contributed by atoms with Gasteiger partial charge in [0.05, 0.1) is 23.4 Å². The first-order valence-electron chi connectivity index (χ1n) is 4.80. The van der Waals surface area contributed by atoms with Gasteiger partial charge in [0, 0.05) is 0 Å². The van der Waals surface area contributed by atoms with Crippen LogP contribution < -0.4 is 10.9 Å². The van der Waals surface area contributed by atoms with E-state index >= 15 is 0 Å². The van der Waals surface area contributed by atoms with Crippen LogP contribution >= 0.6 is 0 Å². The van der Waals surface area contributed by atoms with E-state index in [0.717, 1.165) is 5.01 Å². The number of carbonyl (C=O) groups excluding carboxylic acids is 1. The molecule has 0 aromatic heterocycles. The van der Waals surface area contributed by atoms with Crippen LogP contribution in [-0.2, 0) is 4.74 Å². The Balaban J connectivity index is 2.84. The van der Waals surface area contributed by atoms with Gasteiger partial charge in [-0.2, -0.15) is 5.26 Å². The van der Waals surface area contributed by atoms with E-state index in [-0.39, 0.29) is 6.10 Å². The Morgan fingerprint density at radius 1 is 1.56 bits per heavy atom. The van der Waals surface area contributed by atoms with Gasteiger partial charge < -0.3 is 4.74 Å². The van der Waals surface area contributed by atoms with Gasteiger partial charge in [0.25, 0.3) is 0 Å². The molecule has 0 aliphatic heterocycles. The molecule has 0 aliphatic rings. The van der Waals surface area contributed by atoms with Crippen molar-refractivity contribution in [3.63, 3.8) is 0 Å². The van der Waals surface area contributed by atoms with Crippen molar-refractivity contribution in [1.29, 1.82) is 5.26 Å². The highest BCUT2D eigenvalue weighted by Gasteiger charge is 2.14. The molecule has 0 saturated heterocycles. The van der Waals surface area contributed by atoms with Crippen LogP contribution in [0.3, 0.4) is 0 Å². The third-order valence-electron chi connectivity index (χ3n) is 1.79. The van der Waals surface area contributed by atoms with Crippen molar-refractivity contribution in [3.05, 3.63) is 29.8 Å². The number of carbonyl (C=O) groups is 1. The van der Waals surface area contributed by atoms with E-state index in [1.807, 2.05) is 6.07 Å². The Morgan fingerprint density at radius 2 is 2.25 bits per heavy atom. The summed E-state index contributed by atoms with van der Waals surface area (Å²) in [5.74, 6) is 5.56. The first-order chi connectivity index (χ1) is 7.54. The Kier molecular flexibility index (Phi) is 3.86. The molecule has 0 unspecified atom stereocenters. The largest absolute Gasteiger partial charge is 0.445 e. The average Bonchev–Trinajstić information content (AvgIpc) is 2.27. The maximum atomic E-state index is 11.4. The molecule has 0 aliphatic carbocycles. The number of nitrogens with two attached hydrogens (primary N) is 1. The summed E-state index contributed by atoms with van der Waals surface area (Å²) in [7, 11) is 0. The van der Waals surface area contributed by atoms with Crippen LogP contribution in [0.5, 0.6) is 0 Å². The van der Waals surface area contributed by atoms with Gasteiger partial charge in [-0.1, -0.05) is 6.07 Å². The molecular weight excluding hydrogens is 206 g/mol. The van der Waals surface area contributed by atoms with E-state index in [2.05, 4.69) is 0 Å². The van der Waals surface area contributed by atoms with Crippen LogP contribution in [0.25, 0.3) is 0 Å². The lowest BCUT2D eigenvalue weighted by Crippen LogP contribution is -2.39. The van der Waals surface area contributed by atoms with Crippen molar-refractivity contribution in [2.24, 2.45) is 5.84 Å². The van der Waals surface area contributed by atoms with E-state index in [1.165, 1.54) is 6.07 Å². The topological polar surface area (TPSA) is 79.3 Å². The van der Waals surface area contributed by atoms with E-state index in [1.54, 1.807) is 32.0 Å². The fourth-order valence-corrected chi connectivity index (χ4v) is 1.09. The summed E-state index contributed by atoms with van der Waals surface area (Å²) in [6.45, 7) is 3.47. The van der Waals surface area contributed by atoms with E-state index in [0.29, 0.717) is 11.3 Å². The van der Waals surface area contributed by atoms with Crippen LogP contribution in [0.15, 0.2) is 24.3 Å². The van der Waals surface area contributed by atoms with Gasteiger partial charge in [0.15, 0.2) is 0 Å². The fourth-order valence-electron chi connectivity index (χ4n) is 1.09. The normalized spacial score (nSPS) is 9.69. The van der Waals surface area contributed by atoms with Gasteiger partial charge >= 0.3 is 6.09 Å². The number of nitriles is 1. The number of hydrogen-bond donors (Lipinski definition) is 1. The Bertz CT molecular complexity index is 423. The molecule has 5 heteroatoms. The van der Waals surface area contributed by atoms with Gasteiger partial charge in [-0.25, -0.2) is 15.6 Å². The summed E-state index contributed by atoms with van der Waals surface area (Å²) in [4.78, 5) is 11.4. The number of amides is 1. The van der Waals surface area contributed by atoms with E-state index in [4.69, 9.17) is 15.8 Å². The van der Waals surface area contributed by atoms with Gasteiger partial charge in [0.1, 0.15) is 0 Å². The molecule has 0 radical (unpaired) electrons. The molecule has 0 fully saturated rings. The molecule has 84 valence electrons. The molecule has 1 rings (SSSR count). The second-order valence-electron chi connectivity index (χ2n) is 3.46. The molecule has 0 saturated carbocycles. The van der Waals surface area contributed by atoms with Crippen LogP contribution in [0, 0.1) is 11.3 Å². The molecule has 16 heavy (non-hydrogen) atoms. The van der Waals surface area contributed by atoms with E-state index < -0.39 is 6.09 Å². The second-order valence-corrected chi connectivity index (χ2v) is 3.46. The molecule has 0 bridgehead atoms. The number of anilines is 1. The van der Waals surface area contributed by atoms with Crippen LogP contribution in [-0.4, -0.2) is 12.2 Å². The van der Waals surface area contributed by atoms with Crippen LogP contribution in [0.4, 0.5) is 10.5 Å². The zero-order valence-electron chi connectivity index (χ0n) is 9.18. The first-order valence-corrected chi connectivity index (χ1v) is 4.80. The van der Waals surface area contributed by atoms with Gasteiger partial charge in [-0.3, -0.25) is 0 Å². The summed E-state index contributed by atoms with van der Waals surface area (Å²) >= 11 is 0. The quantitative estimate of drug-likeness (QED) is 0.467. The van der Waals surface area contributed by atoms with Crippen molar-refractivity contribution in [2.75, 3.05) is 5.01 Å². The van der Waals surface area contributed by atoms with Gasteiger partial charge in [-0.15, -0.1) is 0 Å². The van der Waals surface area contributed by atoms with Crippen LogP contribution in [0.2, 0.25) is 0 Å². The minimum Gasteiger partial charge on any atom is -0.445 e. The zero-order valence-corrected chi connectivity index (χ0v) is 9.18. The predicted molar refractivity (Wildman–Crippen MR) is 59.4 cm³/mol. The highest BCUT2D eigenvalue weighted by Crippen LogP contribution is 2.14. The zero-order chi connectivity index (χ0) is 12.1. The molecule has 0 spiro atoms. The summed E-state index contributed by atoms with van der Waals surface area (Å²) in [5.41, 5.74) is 0.856. The third kappa shape index (κ3) is 2.97. The highest BCUT2D eigenvalue weighted by molar-refractivity contribution is 5.86. The minimum absolute atomic E-state index is 0.238. The highest BCUT2D eigenvalue weighted by atomic mass is 16.6. The lowest BCUT2D eigenvalue weighted by atomic mass is 10.2. The van der Waals surface area contributed by atoms with Crippen molar-refractivity contribution >= 4 is 11.8 Å². The SMILES string of the molecule is CC(C)OC(=O)N(N)c1cccc(C#N)c1. The summed E-state index contributed by atoms with van der Waals surface area (Å²) in [6.07, 6.45) is -0.886. The van der Waals surface area contributed by atoms with Crippen molar-refractivity contribution in [3.8, 4) is 6.07 Å². The number of hydrazine groups is 1. The molecule has 5 nitrogen and oxygen atoms in total. The molecule has 0 atom stereocenters. The Labute approximate surface area is 94.0 Å². The number of ether oxygens (including phenoxy) is 1. The third-order valence-corrected chi connectivity index (χ3v) is 1.79. The number of rotatable bonds is 2. The molecule has 1 aromatic rings. The monoisotopic (exact) mass is 219 g/mol. The minimum atomic E-state index is -0.648. The van der Waals surface area contributed by atoms with Gasteiger partial charge in [0.2, 0.25) is 0 Å². The van der Waals surface area contributed by atoms with Crippen LogP contribution in [0.1, 0.15) is 19.4 Å². The number of hydrogen-bond acceptors (Lipinski definition) is 4. The lowest BCUT2D eigenvalue weighted by molar-refractivity contribution is 0.122. The van der Waals surface area contributed by atoms with Crippen molar-refractivity contribution in [1.82, 2.24) is 0 Å². The summed E-state index contributed by atoms with van der Waals surface area (Å²) in [5, 5.41) is 9.58. The lowest BCUT2D eigenvalue weighted by Gasteiger charge is -2.18. The smallest absolute Gasteiger partial charge is 0.429 e.